The Balaban J connectivity index is 2.22. The number of hydrogen-bond donors (Lipinski definition) is 4. The van der Waals surface area contributed by atoms with Crippen LogP contribution in [0.15, 0.2) is 36.7 Å². The lowest BCUT2D eigenvalue weighted by molar-refractivity contribution is 0.389. The van der Waals surface area contributed by atoms with Crippen LogP contribution in [0.2, 0.25) is 0 Å². The Morgan fingerprint density at radius 3 is 2.83 bits per heavy atom. The van der Waals surface area contributed by atoms with E-state index in [1.54, 1.807) is 24.5 Å². The van der Waals surface area contributed by atoms with Crippen molar-refractivity contribution in [2.24, 2.45) is 0 Å². The maximum absolute atomic E-state index is 9.20. The fourth-order valence-corrected chi connectivity index (χ4v) is 1.89. The van der Waals surface area contributed by atoms with Gasteiger partial charge in [-0.1, -0.05) is 0 Å². The number of aromatic nitrogens is 3. The van der Waals surface area contributed by atoms with E-state index in [1.165, 1.54) is 0 Å². The summed E-state index contributed by atoms with van der Waals surface area (Å²) in [6.45, 7) is 0. The van der Waals surface area contributed by atoms with Crippen LogP contribution in [0, 0.1) is 0 Å². The van der Waals surface area contributed by atoms with Crippen LogP contribution < -0.4 is 11.2 Å². The third-order valence-electron chi connectivity index (χ3n) is 2.80. The van der Waals surface area contributed by atoms with E-state index >= 15 is 0 Å². The predicted molar refractivity (Wildman–Crippen MR) is 69.1 cm³/mol. The summed E-state index contributed by atoms with van der Waals surface area (Å²) in [6, 6.07) is 7.28. The molecule has 5 N–H and O–H groups in total. The molecule has 0 aliphatic heterocycles. The van der Waals surface area contributed by atoms with Gasteiger partial charge in [-0.2, -0.15) is 5.10 Å². The molecule has 2 aromatic heterocycles. The number of nitrogens with zero attached hydrogens (tertiary/aromatic N) is 2. The Hall–Kier alpha value is -2.60. The number of hydrogen-bond acceptors (Lipinski definition) is 5. The molecule has 90 valence electrons. The second-order valence-corrected chi connectivity index (χ2v) is 3.94. The standard InChI is InChI=1S/C12H11N5O/c13-12-2-1-7(5-14-12)9-3-8-6-15-16-10(8)4-11(9)17-18/h1-6,17-18H,(H2,13,14)(H,15,16). The first kappa shape index (κ1) is 10.5. The van der Waals surface area contributed by atoms with Crippen molar-refractivity contribution in [3.63, 3.8) is 0 Å². The maximum atomic E-state index is 9.20. The second-order valence-electron chi connectivity index (χ2n) is 3.94. The minimum Gasteiger partial charge on any atom is -0.384 e. The van der Waals surface area contributed by atoms with Crippen LogP contribution in [0.1, 0.15) is 0 Å². The van der Waals surface area contributed by atoms with Crippen LogP contribution >= 0.6 is 0 Å². The third kappa shape index (κ3) is 1.64. The first-order valence-corrected chi connectivity index (χ1v) is 5.37. The highest BCUT2D eigenvalue weighted by Gasteiger charge is 2.08. The smallest absolute Gasteiger partial charge is 0.123 e. The van der Waals surface area contributed by atoms with Gasteiger partial charge in [0, 0.05) is 22.7 Å². The molecule has 0 radical (unpaired) electrons. The molecule has 2 heterocycles. The number of benzene rings is 1. The lowest BCUT2D eigenvalue weighted by Gasteiger charge is -2.08. The normalized spacial score (nSPS) is 10.7. The van der Waals surface area contributed by atoms with Gasteiger partial charge < -0.3 is 5.73 Å². The fourth-order valence-electron chi connectivity index (χ4n) is 1.89. The van der Waals surface area contributed by atoms with Gasteiger partial charge in [-0.25, -0.2) is 4.98 Å². The van der Waals surface area contributed by atoms with Crippen LogP contribution in [0.25, 0.3) is 22.0 Å². The van der Waals surface area contributed by atoms with Crippen LogP contribution in [0.5, 0.6) is 0 Å². The summed E-state index contributed by atoms with van der Waals surface area (Å²) in [5.41, 5.74) is 10.9. The Morgan fingerprint density at radius 2 is 2.11 bits per heavy atom. The summed E-state index contributed by atoms with van der Waals surface area (Å²) in [6.07, 6.45) is 3.39. The van der Waals surface area contributed by atoms with Gasteiger partial charge in [0.15, 0.2) is 0 Å². The average molecular weight is 241 g/mol. The Kier molecular flexibility index (Phi) is 2.35. The van der Waals surface area contributed by atoms with Gasteiger partial charge in [0.1, 0.15) is 5.82 Å². The van der Waals surface area contributed by atoms with Gasteiger partial charge in [-0.3, -0.25) is 15.8 Å². The average Bonchev–Trinajstić information content (AvgIpc) is 2.85. The molecule has 0 amide bonds. The molecule has 1 aromatic carbocycles. The van der Waals surface area contributed by atoms with E-state index in [0.717, 1.165) is 22.0 Å². The van der Waals surface area contributed by atoms with Crippen molar-refractivity contribution in [1.82, 2.24) is 15.2 Å². The molecule has 0 unspecified atom stereocenters. The van der Waals surface area contributed by atoms with Gasteiger partial charge in [0.25, 0.3) is 0 Å². The van der Waals surface area contributed by atoms with Crippen LogP contribution in [0.3, 0.4) is 0 Å². The number of pyridine rings is 1. The number of nitrogens with two attached hydrogens (primary N) is 1. The molecule has 6 nitrogen and oxygen atoms in total. The molecular formula is C12H11N5O. The highest BCUT2D eigenvalue weighted by atomic mass is 16.5. The molecule has 0 saturated carbocycles. The monoisotopic (exact) mass is 241 g/mol. The molecule has 6 heteroatoms. The molecule has 0 saturated heterocycles. The zero-order chi connectivity index (χ0) is 12.5. The van der Waals surface area contributed by atoms with E-state index in [2.05, 4.69) is 20.7 Å². The highest BCUT2D eigenvalue weighted by Crippen LogP contribution is 2.31. The van der Waals surface area contributed by atoms with Crippen molar-refractivity contribution in [2.45, 2.75) is 0 Å². The largest absolute Gasteiger partial charge is 0.384 e. The van der Waals surface area contributed by atoms with Gasteiger partial charge in [-0.05, 0) is 24.3 Å². The minimum absolute atomic E-state index is 0.460. The molecular weight excluding hydrogens is 230 g/mol. The van der Waals surface area contributed by atoms with Gasteiger partial charge in [0.2, 0.25) is 0 Å². The number of aromatic amines is 1. The minimum atomic E-state index is 0.460. The van der Waals surface area contributed by atoms with E-state index in [9.17, 15) is 5.21 Å². The van der Waals surface area contributed by atoms with E-state index in [4.69, 9.17) is 5.73 Å². The lowest BCUT2D eigenvalue weighted by Crippen LogP contribution is -1.94. The molecule has 3 rings (SSSR count). The number of anilines is 2. The fraction of sp³-hybridized carbons (Fsp3) is 0. The summed E-state index contributed by atoms with van der Waals surface area (Å²) < 4.78 is 0. The van der Waals surface area contributed by atoms with Crippen molar-refractivity contribution in [3.8, 4) is 11.1 Å². The van der Waals surface area contributed by atoms with E-state index < -0.39 is 0 Å². The van der Waals surface area contributed by atoms with E-state index in [0.29, 0.717) is 11.5 Å². The third-order valence-corrected chi connectivity index (χ3v) is 2.80. The summed E-state index contributed by atoms with van der Waals surface area (Å²) in [5.74, 6) is 0.460. The Bertz CT molecular complexity index is 689. The van der Waals surface area contributed by atoms with E-state index in [-0.39, 0.29) is 0 Å². The maximum Gasteiger partial charge on any atom is 0.123 e. The zero-order valence-electron chi connectivity index (χ0n) is 9.38. The van der Waals surface area contributed by atoms with E-state index in [1.807, 2.05) is 12.1 Å². The summed E-state index contributed by atoms with van der Waals surface area (Å²) >= 11 is 0. The lowest BCUT2D eigenvalue weighted by atomic mass is 10.0. The molecule has 0 aliphatic rings. The number of H-pyrrole nitrogens is 1. The number of rotatable bonds is 2. The highest BCUT2D eigenvalue weighted by molar-refractivity contribution is 5.91. The quantitative estimate of drug-likeness (QED) is 0.514. The summed E-state index contributed by atoms with van der Waals surface area (Å²) in [5, 5.41) is 17.0. The number of nitrogen functional groups attached to an aromatic ring is 1. The van der Waals surface area contributed by atoms with Crippen molar-refractivity contribution in [2.75, 3.05) is 11.2 Å². The van der Waals surface area contributed by atoms with Crippen LogP contribution in [-0.2, 0) is 0 Å². The van der Waals surface area contributed by atoms with Crippen molar-refractivity contribution in [1.29, 1.82) is 0 Å². The van der Waals surface area contributed by atoms with Crippen LogP contribution in [0.4, 0.5) is 11.5 Å². The topological polar surface area (TPSA) is 99.8 Å². The molecule has 0 bridgehead atoms. The molecule has 3 aromatic rings. The molecule has 0 aliphatic carbocycles. The second kappa shape index (κ2) is 4.01. The number of fused-ring (bicyclic) bond motifs is 1. The summed E-state index contributed by atoms with van der Waals surface area (Å²) in [4.78, 5) is 4.04. The first-order valence-electron chi connectivity index (χ1n) is 5.37. The zero-order valence-corrected chi connectivity index (χ0v) is 9.38. The first-order chi connectivity index (χ1) is 8.78. The van der Waals surface area contributed by atoms with Crippen LogP contribution in [-0.4, -0.2) is 20.4 Å². The predicted octanol–water partition coefficient (Wildman–Crippen LogP) is 2.01. The Morgan fingerprint density at radius 1 is 1.22 bits per heavy atom. The molecule has 0 fully saturated rings. The van der Waals surface area contributed by atoms with Crippen molar-refractivity contribution >= 4 is 22.4 Å². The van der Waals surface area contributed by atoms with Gasteiger partial charge >= 0.3 is 0 Å². The van der Waals surface area contributed by atoms with Crippen molar-refractivity contribution < 1.29 is 5.21 Å². The SMILES string of the molecule is Nc1ccc(-c2cc3cn[nH]c3cc2NO)cn1. The molecule has 0 atom stereocenters. The summed E-state index contributed by atoms with van der Waals surface area (Å²) in [7, 11) is 0. The number of nitrogens with one attached hydrogen (secondary N) is 2. The van der Waals surface area contributed by atoms with Crippen molar-refractivity contribution in [3.05, 3.63) is 36.7 Å². The van der Waals surface area contributed by atoms with Gasteiger partial charge in [-0.15, -0.1) is 0 Å². The molecule has 0 spiro atoms. The molecule has 18 heavy (non-hydrogen) atoms. The Labute approximate surface area is 102 Å². The van der Waals surface area contributed by atoms with Gasteiger partial charge in [0.05, 0.1) is 17.4 Å².